The van der Waals surface area contributed by atoms with Crippen molar-refractivity contribution in [2.24, 2.45) is 0 Å². The molecule has 0 fully saturated rings. The van der Waals surface area contributed by atoms with Gasteiger partial charge in [0.15, 0.2) is 0 Å². The second-order valence-electron chi connectivity index (χ2n) is 6.80. The molecule has 0 aromatic heterocycles. The Morgan fingerprint density at radius 2 is 1.59 bits per heavy atom. The Morgan fingerprint density at radius 1 is 0.963 bits per heavy atom. The molecule has 4 rings (SSSR count). The van der Waals surface area contributed by atoms with E-state index in [0.717, 1.165) is 23.5 Å². The third-order valence-corrected chi connectivity index (χ3v) is 5.08. The fourth-order valence-corrected chi connectivity index (χ4v) is 3.86. The van der Waals surface area contributed by atoms with E-state index in [1.165, 1.54) is 22.0 Å². The third-order valence-electron chi connectivity index (χ3n) is 5.08. The highest BCUT2D eigenvalue weighted by atomic mass is 14.9. The van der Waals surface area contributed by atoms with E-state index in [2.05, 4.69) is 90.3 Å². The summed E-state index contributed by atoms with van der Waals surface area (Å²) >= 11 is 0. The van der Waals surface area contributed by atoms with Crippen molar-refractivity contribution in [2.75, 3.05) is 17.6 Å². The van der Waals surface area contributed by atoms with Crippen LogP contribution in [0.15, 0.2) is 78.9 Å². The molecule has 0 atom stereocenters. The van der Waals surface area contributed by atoms with Crippen molar-refractivity contribution in [3.05, 3.63) is 90.0 Å². The van der Waals surface area contributed by atoms with Crippen LogP contribution in [-0.2, 0) is 0 Å². The maximum absolute atomic E-state index is 6.49. The first-order valence-electron chi connectivity index (χ1n) is 9.39. The molecule has 3 aromatic carbocycles. The van der Waals surface area contributed by atoms with Gasteiger partial charge in [0.25, 0.3) is 0 Å². The fourth-order valence-electron chi connectivity index (χ4n) is 3.86. The van der Waals surface area contributed by atoms with Crippen LogP contribution in [0.2, 0.25) is 0 Å². The number of nitrogens with two attached hydrogens (primary N) is 1. The van der Waals surface area contributed by atoms with Crippen molar-refractivity contribution in [2.45, 2.75) is 6.92 Å². The molecule has 0 saturated heterocycles. The molecule has 1 aliphatic heterocycles. The molecule has 0 unspecified atom stereocenters. The Bertz CT molecular complexity index is 952. The molecule has 27 heavy (non-hydrogen) atoms. The number of allylic oxidation sites excluding steroid dienone is 1. The van der Waals surface area contributed by atoms with Crippen LogP contribution in [0.4, 0.5) is 11.4 Å². The van der Waals surface area contributed by atoms with E-state index in [9.17, 15) is 0 Å². The van der Waals surface area contributed by atoms with Crippen molar-refractivity contribution in [3.8, 4) is 0 Å². The summed E-state index contributed by atoms with van der Waals surface area (Å²) in [5.41, 5.74) is 14.4. The summed E-state index contributed by atoms with van der Waals surface area (Å²) in [6, 6.07) is 23.6. The van der Waals surface area contributed by atoms with Gasteiger partial charge >= 0.3 is 0 Å². The monoisotopic (exact) mass is 350 g/mol. The van der Waals surface area contributed by atoms with Crippen LogP contribution >= 0.6 is 0 Å². The first kappa shape index (κ1) is 17.2. The predicted molar refractivity (Wildman–Crippen MR) is 121 cm³/mol. The average molecular weight is 350 g/mol. The highest BCUT2D eigenvalue weighted by Gasteiger charge is 2.27. The molecular weight excluding hydrogens is 327 g/mol. The Balaban J connectivity index is 2.01. The molecule has 3 heteroatoms. The Kier molecular flexibility index (Phi) is 4.84. The van der Waals surface area contributed by atoms with Crippen molar-refractivity contribution in [1.82, 2.24) is 0 Å². The number of rotatable bonds is 4. The van der Waals surface area contributed by atoms with Gasteiger partial charge in [-0.2, -0.15) is 0 Å². The van der Waals surface area contributed by atoms with Crippen LogP contribution < -0.4 is 27.4 Å². The molecular formula is C24H23BN2. The van der Waals surface area contributed by atoms with E-state index >= 15 is 0 Å². The van der Waals surface area contributed by atoms with Crippen LogP contribution in [0.25, 0.3) is 12.2 Å². The van der Waals surface area contributed by atoms with Crippen LogP contribution in [0.3, 0.4) is 0 Å². The largest absolute Gasteiger partial charge is 0.397 e. The number of nitrogens with one attached hydrogen (secondary N) is 1. The summed E-state index contributed by atoms with van der Waals surface area (Å²) in [7, 11) is 0. The summed E-state index contributed by atoms with van der Waals surface area (Å²) in [6.07, 6.45) is 8.50. The molecule has 0 saturated carbocycles. The predicted octanol–water partition coefficient (Wildman–Crippen LogP) is 3.26. The molecule has 0 bridgehead atoms. The van der Waals surface area contributed by atoms with E-state index in [1.54, 1.807) is 0 Å². The zero-order chi connectivity index (χ0) is 18.6. The Hall–Kier alpha value is -3.20. The number of nitrogen functional groups attached to an aromatic ring is 1. The van der Waals surface area contributed by atoms with Crippen molar-refractivity contribution in [3.63, 3.8) is 0 Å². The molecule has 0 aliphatic carbocycles. The van der Waals surface area contributed by atoms with Gasteiger partial charge in [0.05, 0.1) is 11.4 Å². The maximum Gasteiger partial charge on any atom is 0.242 e. The van der Waals surface area contributed by atoms with E-state index in [0.29, 0.717) is 0 Å². The van der Waals surface area contributed by atoms with Crippen LogP contribution in [-0.4, -0.2) is 13.3 Å². The topological polar surface area (TPSA) is 38.0 Å². The summed E-state index contributed by atoms with van der Waals surface area (Å²) in [6.45, 7) is 2.98. The molecule has 2 nitrogen and oxygen atoms in total. The molecule has 1 heterocycles. The molecule has 0 spiro atoms. The third kappa shape index (κ3) is 3.29. The quantitative estimate of drug-likeness (QED) is 0.560. The number of hydrogen-bond acceptors (Lipinski definition) is 2. The Labute approximate surface area is 161 Å². The molecule has 132 valence electrons. The first-order chi connectivity index (χ1) is 13.3. The summed E-state index contributed by atoms with van der Waals surface area (Å²) in [5.74, 6) is 0. The van der Waals surface area contributed by atoms with E-state index in [-0.39, 0.29) is 6.71 Å². The lowest BCUT2D eigenvalue weighted by Crippen LogP contribution is -2.53. The van der Waals surface area contributed by atoms with Gasteiger partial charge in [0.2, 0.25) is 6.71 Å². The number of fused-ring (bicyclic) bond motifs is 1. The Morgan fingerprint density at radius 3 is 2.19 bits per heavy atom. The first-order valence-corrected chi connectivity index (χ1v) is 9.39. The molecule has 3 aromatic rings. The lowest BCUT2D eigenvalue weighted by Gasteiger charge is -2.25. The minimum absolute atomic E-state index is 0.148. The van der Waals surface area contributed by atoms with Gasteiger partial charge < -0.3 is 11.1 Å². The molecule has 0 radical (unpaired) electrons. The van der Waals surface area contributed by atoms with E-state index < -0.39 is 0 Å². The highest BCUT2D eigenvalue weighted by Crippen LogP contribution is 2.30. The minimum atomic E-state index is 0.148. The maximum atomic E-state index is 6.49. The molecule has 1 aliphatic rings. The zero-order valence-electron chi connectivity index (χ0n) is 15.5. The van der Waals surface area contributed by atoms with Gasteiger partial charge in [-0.05, 0) is 18.1 Å². The smallest absolute Gasteiger partial charge is 0.242 e. The highest BCUT2D eigenvalue weighted by molar-refractivity contribution is 6.96. The van der Waals surface area contributed by atoms with E-state index in [4.69, 9.17) is 5.73 Å². The minimum Gasteiger partial charge on any atom is -0.397 e. The van der Waals surface area contributed by atoms with Crippen LogP contribution in [0.5, 0.6) is 0 Å². The van der Waals surface area contributed by atoms with Crippen molar-refractivity contribution >= 4 is 46.6 Å². The van der Waals surface area contributed by atoms with Crippen LogP contribution in [0.1, 0.15) is 18.1 Å². The van der Waals surface area contributed by atoms with Gasteiger partial charge in [-0.25, -0.2) is 0 Å². The SMILES string of the molecule is C/C=C\c1cc(B(c2ccccc2)c2ccccc2)c2c(c1N)NCC=C2. The van der Waals surface area contributed by atoms with Crippen LogP contribution in [0, 0.1) is 0 Å². The van der Waals surface area contributed by atoms with E-state index in [1.807, 2.05) is 13.0 Å². The molecule has 0 amide bonds. The number of anilines is 2. The lowest BCUT2D eigenvalue weighted by atomic mass is 9.36. The summed E-state index contributed by atoms with van der Waals surface area (Å²) in [4.78, 5) is 0. The summed E-state index contributed by atoms with van der Waals surface area (Å²) in [5, 5.41) is 3.48. The zero-order valence-corrected chi connectivity index (χ0v) is 15.5. The summed E-state index contributed by atoms with van der Waals surface area (Å²) < 4.78 is 0. The van der Waals surface area contributed by atoms with Gasteiger partial charge in [-0.15, -0.1) is 0 Å². The normalized spacial score (nSPS) is 12.6. The van der Waals surface area contributed by atoms with Gasteiger partial charge in [0.1, 0.15) is 0 Å². The second kappa shape index (κ2) is 7.59. The van der Waals surface area contributed by atoms with Gasteiger partial charge in [-0.1, -0.05) is 107 Å². The fraction of sp³-hybridized carbons (Fsp3) is 0.0833. The molecule has 3 N–H and O–H groups in total. The second-order valence-corrected chi connectivity index (χ2v) is 6.80. The number of benzene rings is 3. The van der Waals surface area contributed by atoms with Gasteiger partial charge in [0, 0.05) is 6.54 Å². The van der Waals surface area contributed by atoms with Crippen molar-refractivity contribution in [1.29, 1.82) is 0 Å². The average Bonchev–Trinajstić information content (AvgIpc) is 2.73. The van der Waals surface area contributed by atoms with Crippen molar-refractivity contribution < 1.29 is 0 Å². The lowest BCUT2D eigenvalue weighted by molar-refractivity contribution is 1.32. The van der Waals surface area contributed by atoms with Gasteiger partial charge in [-0.3, -0.25) is 0 Å². The standard InChI is InChI=1S/C24H23BN2/c1-2-10-18-17-22(21-15-9-16-27-24(21)23(18)26)25(19-11-5-3-6-12-19)20-13-7-4-8-14-20/h2-15,17,27H,16,26H2,1H3/b10-2-. The number of hydrogen-bond donors (Lipinski definition) is 2.